The quantitative estimate of drug-likeness (QED) is 0.845. The third kappa shape index (κ3) is 4.03. The molecule has 0 saturated carbocycles. The summed E-state index contributed by atoms with van der Waals surface area (Å²) in [5.41, 5.74) is 1.33. The zero-order valence-corrected chi connectivity index (χ0v) is 13.9. The molecule has 6 nitrogen and oxygen atoms in total. The molecule has 2 N–H and O–H groups in total. The zero-order valence-electron chi connectivity index (χ0n) is 13.9. The highest BCUT2D eigenvalue weighted by atomic mass is 19.1. The van der Waals surface area contributed by atoms with Gasteiger partial charge in [0, 0.05) is 26.2 Å². The number of nitrogens with one attached hydrogen (secondary N) is 2. The first-order valence-electron chi connectivity index (χ1n) is 8.39. The Labute approximate surface area is 141 Å². The van der Waals surface area contributed by atoms with Crippen LogP contribution in [0.5, 0.6) is 0 Å². The smallest absolute Gasteiger partial charge is 0.240 e. The SMILES string of the molecule is C[C@H]1OCCN[C@@H]1C(=O)NCc1ccc(N2CCOCC2)c(F)c1. The Morgan fingerprint density at radius 3 is 2.88 bits per heavy atom. The van der Waals surface area contributed by atoms with Gasteiger partial charge >= 0.3 is 0 Å². The van der Waals surface area contributed by atoms with Crippen molar-refractivity contribution in [2.24, 2.45) is 0 Å². The van der Waals surface area contributed by atoms with E-state index in [1.807, 2.05) is 17.9 Å². The lowest BCUT2D eigenvalue weighted by molar-refractivity contribution is -0.129. The highest BCUT2D eigenvalue weighted by Crippen LogP contribution is 2.21. The fraction of sp³-hybridized carbons (Fsp3) is 0.588. The van der Waals surface area contributed by atoms with E-state index >= 15 is 0 Å². The minimum atomic E-state index is -0.365. The summed E-state index contributed by atoms with van der Waals surface area (Å²) < 4.78 is 25.1. The van der Waals surface area contributed by atoms with Crippen molar-refractivity contribution in [1.29, 1.82) is 0 Å². The minimum Gasteiger partial charge on any atom is -0.378 e. The summed E-state index contributed by atoms with van der Waals surface area (Å²) in [5.74, 6) is -0.393. The average molecular weight is 337 g/mol. The standard InChI is InChI=1S/C17H24FN3O3/c1-12-16(19-4-7-24-12)17(22)20-11-13-2-3-15(14(18)10-13)21-5-8-23-9-6-21/h2-3,10,12,16,19H,4-9,11H2,1H3,(H,20,22)/t12-,16+/m1/s1. The van der Waals surface area contributed by atoms with Crippen LogP contribution in [0, 0.1) is 5.82 Å². The Kier molecular flexibility index (Phi) is 5.65. The Hall–Kier alpha value is -1.70. The van der Waals surface area contributed by atoms with Crippen molar-refractivity contribution in [3.05, 3.63) is 29.6 Å². The Morgan fingerprint density at radius 2 is 2.17 bits per heavy atom. The fourth-order valence-electron chi connectivity index (χ4n) is 3.05. The third-order valence-electron chi connectivity index (χ3n) is 4.43. The first-order valence-corrected chi connectivity index (χ1v) is 8.39. The summed E-state index contributed by atoms with van der Waals surface area (Å²) in [6.45, 7) is 6.05. The van der Waals surface area contributed by atoms with E-state index in [0.717, 1.165) is 5.56 Å². The van der Waals surface area contributed by atoms with Gasteiger partial charge in [-0.15, -0.1) is 0 Å². The van der Waals surface area contributed by atoms with Crippen LogP contribution in [0.4, 0.5) is 10.1 Å². The number of hydrogen-bond acceptors (Lipinski definition) is 5. The van der Waals surface area contributed by atoms with Crippen LogP contribution in [0.3, 0.4) is 0 Å². The van der Waals surface area contributed by atoms with Crippen LogP contribution in [0.25, 0.3) is 0 Å². The number of hydrogen-bond donors (Lipinski definition) is 2. The number of amides is 1. The summed E-state index contributed by atoms with van der Waals surface area (Å²) in [4.78, 5) is 14.2. The second-order valence-electron chi connectivity index (χ2n) is 6.11. The Morgan fingerprint density at radius 1 is 1.38 bits per heavy atom. The van der Waals surface area contributed by atoms with Crippen LogP contribution < -0.4 is 15.5 Å². The molecular weight excluding hydrogens is 313 g/mol. The van der Waals surface area contributed by atoms with E-state index in [4.69, 9.17) is 9.47 Å². The lowest BCUT2D eigenvalue weighted by atomic mass is 10.1. The van der Waals surface area contributed by atoms with E-state index in [0.29, 0.717) is 51.7 Å². The molecule has 0 aromatic heterocycles. The molecule has 0 unspecified atom stereocenters. The predicted molar refractivity (Wildman–Crippen MR) is 88.5 cm³/mol. The van der Waals surface area contributed by atoms with Crippen molar-refractivity contribution < 1.29 is 18.7 Å². The van der Waals surface area contributed by atoms with Gasteiger partial charge in [-0.3, -0.25) is 4.79 Å². The van der Waals surface area contributed by atoms with Crippen LogP contribution in [-0.4, -0.2) is 57.5 Å². The number of rotatable bonds is 4. The number of carbonyl (C=O) groups excluding carboxylic acids is 1. The maximum Gasteiger partial charge on any atom is 0.240 e. The van der Waals surface area contributed by atoms with Crippen molar-refractivity contribution in [1.82, 2.24) is 10.6 Å². The van der Waals surface area contributed by atoms with Crippen LogP contribution in [0.2, 0.25) is 0 Å². The number of nitrogens with zero attached hydrogens (tertiary/aromatic N) is 1. The Balaban J connectivity index is 1.57. The molecule has 1 amide bonds. The molecule has 0 aliphatic carbocycles. The van der Waals surface area contributed by atoms with Gasteiger partial charge in [-0.25, -0.2) is 4.39 Å². The van der Waals surface area contributed by atoms with Crippen LogP contribution in [-0.2, 0) is 20.8 Å². The second kappa shape index (κ2) is 7.92. The molecular formula is C17H24FN3O3. The summed E-state index contributed by atoms with van der Waals surface area (Å²) in [5, 5.41) is 5.98. The van der Waals surface area contributed by atoms with Crippen molar-refractivity contribution in [3.63, 3.8) is 0 Å². The van der Waals surface area contributed by atoms with Crippen LogP contribution >= 0.6 is 0 Å². The molecule has 7 heteroatoms. The zero-order chi connectivity index (χ0) is 16.9. The molecule has 2 heterocycles. The molecule has 0 radical (unpaired) electrons. The van der Waals surface area contributed by atoms with Gasteiger partial charge in [-0.1, -0.05) is 6.07 Å². The van der Waals surface area contributed by atoms with Gasteiger partial charge < -0.3 is 25.0 Å². The molecule has 2 aliphatic rings. The third-order valence-corrected chi connectivity index (χ3v) is 4.43. The maximum atomic E-state index is 14.3. The summed E-state index contributed by atoms with van der Waals surface area (Å²) in [6.07, 6.45) is -0.167. The van der Waals surface area contributed by atoms with Gasteiger partial charge in [-0.05, 0) is 24.6 Å². The molecule has 1 aromatic carbocycles. The van der Waals surface area contributed by atoms with Crippen molar-refractivity contribution in [2.75, 3.05) is 44.4 Å². The van der Waals surface area contributed by atoms with Crippen LogP contribution in [0.1, 0.15) is 12.5 Å². The van der Waals surface area contributed by atoms with E-state index in [1.54, 1.807) is 6.07 Å². The molecule has 132 valence electrons. The van der Waals surface area contributed by atoms with Gasteiger partial charge in [0.1, 0.15) is 11.9 Å². The molecule has 1 aromatic rings. The largest absolute Gasteiger partial charge is 0.378 e. The average Bonchev–Trinajstić information content (AvgIpc) is 2.61. The van der Waals surface area contributed by atoms with E-state index in [1.165, 1.54) is 6.07 Å². The van der Waals surface area contributed by atoms with Gasteiger partial charge in [-0.2, -0.15) is 0 Å². The molecule has 0 spiro atoms. The van der Waals surface area contributed by atoms with Crippen LogP contribution in [0.15, 0.2) is 18.2 Å². The van der Waals surface area contributed by atoms with E-state index < -0.39 is 0 Å². The number of anilines is 1. The highest BCUT2D eigenvalue weighted by molar-refractivity contribution is 5.82. The summed E-state index contributed by atoms with van der Waals surface area (Å²) in [7, 11) is 0. The molecule has 2 fully saturated rings. The topological polar surface area (TPSA) is 62.8 Å². The van der Waals surface area contributed by atoms with Crippen molar-refractivity contribution in [2.45, 2.75) is 25.6 Å². The first-order chi connectivity index (χ1) is 11.6. The Bertz CT molecular complexity index is 578. The van der Waals surface area contributed by atoms with E-state index in [2.05, 4.69) is 10.6 Å². The molecule has 2 saturated heterocycles. The lowest BCUT2D eigenvalue weighted by Gasteiger charge is -2.30. The fourth-order valence-corrected chi connectivity index (χ4v) is 3.05. The summed E-state index contributed by atoms with van der Waals surface area (Å²) >= 11 is 0. The van der Waals surface area contributed by atoms with E-state index in [9.17, 15) is 9.18 Å². The van der Waals surface area contributed by atoms with Gasteiger partial charge in [0.15, 0.2) is 0 Å². The molecule has 0 bridgehead atoms. The monoisotopic (exact) mass is 337 g/mol. The number of ether oxygens (including phenoxy) is 2. The second-order valence-corrected chi connectivity index (χ2v) is 6.11. The molecule has 24 heavy (non-hydrogen) atoms. The van der Waals surface area contributed by atoms with Gasteiger partial charge in [0.2, 0.25) is 5.91 Å². The lowest BCUT2D eigenvalue weighted by Crippen LogP contribution is -2.55. The molecule has 2 atom stereocenters. The van der Waals surface area contributed by atoms with E-state index in [-0.39, 0.29) is 23.9 Å². The molecule has 2 aliphatic heterocycles. The normalized spacial score (nSPS) is 24.7. The maximum absolute atomic E-state index is 14.3. The number of halogens is 1. The first kappa shape index (κ1) is 17.1. The number of morpholine rings is 2. The highest BCUT2D eigenvalue weighted by Gasteiger charge is 2.28. The van der Waals surface area contributed by atoms with Gasteiger partial charge in [0.05, 0.1) is 31.6 Å². The summed E-state index contributed by atoms with van der Waals surface area (Å²) in [6, 6.07) is 4.74. The number of carbonyl (C=O) groups is 1. The number of benzene rings is 1. The molecule has 3 rings (SSSR count). The van der Waals surface area contributed by atoms with Crippen molar-refractivity contribution in [3.8, 4) is 0 Å². The predicted octanol–water partition coefficient (Wildman–Crippen LogP) is 0.655. The minimum absolute atomic E-state index is 0.125. The van der Waals surface area contributed by atoms with Crippen molar-refractivity contribution >= 4 is 11.6 Å². The van der Waals surface area contributed by atoms with Gasteiger partial charge in [0.25, 0.3) is 0 Å².